The maximum Gasteiger partial charge on any atom is 0.245 e. The van der Waals surface area contributed by atoms with Crippen molar-refractivity contribution < 1.29 is 4.57 Å². The summed E-state index contributed by atoms with van der Waals surface area (Å²) >= 11 is 0. The second-order valence-corrected chi connectivity index (χ2v) is 6.08. The van der Waals surface area contributed by atoms with E-state index in [0.29, 0.717) is 0 Å². The first-order valence-electron chi connectivity index (χ1n) is 7.90. The van der Waals surface area contributed by atoms with Crippen LogP contribution in [0.1, 0.15) is 38.5 Å². The van der Waals surface area contributed by atoms with Crippen LogP contribution in [0.15, 0.2) is 18.7 Å². The fourth-order valence-corrected chi connectivity index (χ4v) is 3.27. The van der Waals surface area contributed by atoms with Gasteiger partial charge in [-0.25, -0.2) is 9.13 Å². The quantitative estimate of drug-likeness (QED) is 0.768. The molecule has 0 unspecified atom stereocenters. The first-order valence-corrected chi connectivity index (χ1v) is 7.90. The summed E-state index contributed by atoms with van der Waals surface area (Å²) in [5.74, 6) is 0. The number of rotatable bonds is 4. The average molecular weight is 263 g/mol. The first kappa shape index (κ1) is 13.1. The molecule has 2 aliphatic heterocycles. The molecular formula is C15H27N4+. The third kappa shape index (κ3) is 3.80. The van der Waals surface area contributed by atoms with Gasteiger partial charge in [0.2, 0.25) is 6.33 Å². The molecule has 1 aromatic heterocycles. The van der Waals surface area contributed by atoms with Crippen molar-refractivity contribution in [3.63, 3.8) is 0 Å². The number of likely N-dealkylation sites (tertiary alicyclic amines) is 2. The third-order valence-corrected chi connectivity index (χ3v) is 4.37. The molecule has 106 valence electrons. The Morgan fingerprint density at radius 3 is 2.11 bits per heavy atom. The summed E-state index contributed by atoms with van der Waals surface area (Å²) in [7, 11) is 0. The minimum Gasteiger partial charge on any atom is -0.267 e. The van der Waals surface area contributed by atoms with Gasteiger partial charge in [0, 0.05) is 26.2 Å². The Balaban J connectivity index is 1.50. The van der Waals surface area contributed by atoms with Crippen LogP contribution in [0, 0.1) is 0 Å². The molecular weight excluding hydrogens is 236 g/mol. The van der Waals surface area contributed by atoms with Gasteiger partial charge in [-0.3, -0.25) is 9.80 Å². The van der Waals surface area contributed by atoms with E-state index in [1.165, 1.54) is 64.7 Å². The number of hydrogen-bond donors (Lipinski definition) is 0. The van der Waals surface area contributed by atoms with Crippen molar-refractivity contribution in [2.45, 2.75) is 51.9 Å². The zero-order valence-corrected chi connectivity index (χ0v) is 12.0. The predicted octanol–water partition coefficient (Wildman–Crippen LogP) is 1.66. The van der Waals surface area contributed by atoms with E-state index < -0.39 is 0 Å². The van der Waals surface area contributed by atoms with Crippen LogP contribution in [-0.4, -0.2) is 40.5 Å². The summed E-state index contributed by atoms with van der Waals surface area (Å²) in [5.41, 5.74) is 0. The minimum absolute atomic E-state index is 1.06. The van der Waals surface area contributed by atoms with E-state index in [2.05, 4.69) is 37.7 Å². The second kappa shape index (κ2) is 6.53. The Morgan fingerprint density at radius 2 is 1.42 bits per heavy atom. The van der Waals surface area contributed by atoms with Crippen LogP contribution in [0.3, 0.4) is 0 Å². The normalized spacial score (nSPS) is 22.7. The molecule has 0 spiro atoms. The fourth-order valence-electron chi connectivity index (χ4n) is 3.27. The molecule has 4 heteroatoms. The first-order chi connectivity index (χ1) is 9.40. The smallest absolute Gasteiger partial charge is 0.245 e. The fraction of sp³-hybridized carbons (Fsp3) is 0.800. The van der Waals surface area contributed by atoms with E-state index in [-0.39, 0.29) is 0 Å². The van der Waals surface area contributed by atoms with Crippen molar-refractivity contribution in [3.8, 4) is 0 Å². The van der Waals surface area contributed by atoms with Gasteiger partial charge in [0.25, 0.3) is 0 Å². The van der Waals surface area contributed by atoms with Crippen molar-refractivity contribution >= 4 is 0 Å². The SMILES string of the molecule is c1c[n+](CN2CCCCC2)cn1CN1CCCCC1. The summed E-state index contributed by atoms with van der Waals surface area (Å²) in [6, 6.07) is 0. The number of piperidine rings is 2. The Morgan fingerprint density at radius 1 is 0.789 bits per heavy atom. The van der Waals surface area contributed by atoms with Crippen molar-refractivity contribution in [2.24, 2.45) is 0 Å². The standard InChI is InChI=1S/C15H27N4/c1-3-7-16(8-4-1)13-18-11-12-19(15-18)14-17-9-5-2-6-10-17/h11-12,15H,1-10,13-14H2/q+1. The van der Waals surface area contributed by atoms with Crippen LogP contribution in [0.4, 0.5) is 0 Å². The average Bonchev–Trinajstić information content (AvgIpc) is 2.88. The summed E-state index contributed by atoms with van der Waals surface area (Å²) in [6.07, 6.45) is 15.0. The molecule has 1 aromatic rings. The van der Waals surface area contributed by atoms with Crippen molar-refractivity contribution in [2.75, 3.05) is 26.2 Å². The zero-order chi connectivity index (χ0) is 12.9. The largest absolute Gasteiger partial charge is 0.267 e. The van der Waals surface area contributed by atoms with Crippen LogP contribution in [0.5, 0.6) is 0 Å². The highest BCUT2D eigenvalue weighted by Crippen LogP contribution is 2.10. The summed E-state index contributed by atoms with van der Waals surface area (Å²) in [6.45, 7) is 7.20. The molecule has 0 aliphatic carbocycles. The van der Waals surface area contributed by atoms with E-state index in [1.807, 2.05) is 0 Å². The van der Waals surface area contributed by atoms with Crippen molar-refractivity contribution in [1.82, 2.24) is 14.4 Å². The Hall–Kier alpha value is -0.870. The van der Waals surface area contributed by atoms with E-state index in [1.54, 1.807) is 0 Å². The van der Waals surface area contributed by atoms with Gasteiger partial charge in [-0.1, -0.05) is 12.8 Å². The lowest BCUT2D eigenvalue weighted by Crippen LogP contribution is -2.44. The van der Waals surface area contributed by atoms with Crippen LogP contribution in [0.2, 0.25) is 0 Å². The van der Waals surface area contributed by atoms with E-state index >= 15 is 0 Å². The van der Waals surface area contributed by atoms with Gasteiger partial charge in [0.15, 0.2) is 0 Å². The Bertz CT molecular complexity index is 341. The highest BCUT2D eigenvalue weighted by molar-refractivity contribution is 4.69. The lowest BCUT2D eigenvalue weighted by Gasteiger charge is -2.24. The van der Waals surface area contributed by atoms with Gasteiger partial charge < -0.3 is 0 Å². The summed E-state index contributed by atoms with van der Waals surface area (Å²) < 4.78 is 4.66. The van der Waals surface area contributed by atoms with Crippen LogP contribution >= 0.6 is 0 Å². The molecule has 0 atom stereocenters. The topological polar surface area (TPSA) is 15.3 Å². The number of nitrogens with zero attached hydrogens (tertiary/aromatic N) is 4. The molecule has 2 fully saturated rings. The van der Waals surface area contributed by atoms with Crippen LogP contribution in [0.25, 0.3) is 0 Å². The monoisotopic (exact) mass is 263 g/mol. The lowest BCUT2D eigenvalue weighted by molar-refractivity contribution is -0.715. The number of imidazole rings is 1. The molecule has 0 amide bonds. The molecule has 2 saturated heterocycles. The Kier molecular flexibility index (Phi) is 4.51. The van der Waals surface area contributed by atoms with Crippen molar-refractivity contribution in [3.05, 3.63) is 18.7 Å². The molecule has 0 radical (unpaired) electrons. The highest BCUT2D eigenvalue weighted by Gasteiger charge is 2.15. The molecule has 19 heavy (non-hydrogen) atoms. The highest BCUT2D eigenvalue weighted by atomic mass is 15.3. The van der Waals surface area contributed by atoms with E-state index in [9.17, 15) is 0 Å². The lowest BCUT2D eigenvalue weighted by atomic mass is 10.1. The molecule has 4 nitrogen and oxygen atoms in total. The van der Waals surface area contributed by atoms with Gasteiger partial charge in [-0.15, -0.1) is 0 Å². The molecule has 0 saturated carbocycles. The molecule has 3 heterocycles. The molecule has 0 aromatic carbocycles. The maximum absolute atomic E-state index is 2.56. The molecule has 0 N–H and O–H groups in total. The minimum atomic E-state index is 1.06. The van der Waals surface area contributed by atoms with Crippen molar-refractivity contribution in [1.29, 1.82) is 0 Å². The van der Waals surface area contributed by atoms with Gasteiger partial charge in [-0.2, -0.15) is 0 Å². The summed E-state index contributed by atoms with van der Waals surface area (Å²) in [5, 5.41) is 0. The summed E-state index contributed by atoms with van der Waals surface area (Å²) in [4.78, 5) is 5.13. The molecule has 2 aliphatic rings. The number of hydrogen-bond acceptors (Lipinski definition) is 2. The van der Waals surface area contributed by atoms with Gasteiger partial charge in [0.1, 0.15) is 25.7 Å². The zero-order valence-electron chi connectivity index (χ0n) is 12.0. The molecule has 0 bridgehead atoms. The van der Waals surface area contributed by atoms with Gasteiger partial charge in [-0.05, 0) is 25.7 Å². The predicted molar refractivity (Wildman–Crippen MR) is 75.5 cm³/mol. The maximum atomic E-state index is 2.56. The van der Waals surface area contributed by atoms with Gasteiger partial charge >= 0.3 is 0 Å². The second-order valence-electron chi connectivity index (χ2n) is 6.08. The molecule has 3 rings (SSSR count). The van der Waals surface area contributed by atoms with E-state index in [0.717, 1.165) is 13.3 Å². The number of aromatic nitrogens is 2. The van der Waals surface area contributed by atoms with Crippen LogP contribution in [-0.2, 0) is 13.3 Å². The van der Waals surface area contributed by atoms with E-state index in [4.69, 9.17) is 0 Å². The van der Waals surface area contributed by atoms with Crippen LogP contribution < -0.4 is 4.57 Å². The third-order valence-electron chi connectivity index (χ3n) is 4.37. The van der Waals surface area contributed by atoms with Gasteiger partial charge in [0.05, 0.1) is 0 Å². The Labute approximate surface area is 116 Å².